The molecule has 1 aromatic carbocycles. The maximum absolute atomic E-state index is 14.0. The number of hydrogen-bond donors (Lipinski definition) is 3. The van der Waals surface area contributed by atoms with Gasteiger partial charge in [0.05, 0.1) is 25.3 Å². The summed E-state index contributed by atoms with van der Waals surface area (Å²) < 4.78 is 29.0. The van der Waals surface area contributed by atoms with Gasteiger partial charge in [-0.15, -0.1) is 0 Å². The van der Waals surface area contributed by atoms with Gasteiger partial charge < -0.3 is 38.6 Å². The zero-order valence-electron chi connectivity index (χ0n) is 29.7. The van der Waals surface area contributed by atoms with Gasteiger partial charge in [-0.05, 0) is 50.6 Å². The molecule has 2 saturated heterocycles. The van der Waals surface area contributed by atoms with Crippen LogP contribution in [0.5, 0.6) is 5.75 Å². The molecular weight excluding hydrogens is 690 g/mol. The Hall–Kier alpha value is -3.30. The topological polar surface area (TPSA) is 156 Å². The molecule has 8 atom stereocenters. The number of epoxide rings is 1. The van der Waals surface area contributed by atoms with Crippen LogP contribution in [0.25, 0.3) is 0 Å². The van der Waals surface area contributed by atoms with Crippen LogP contribution in [0.2, 0.25) is 5.02 Å². The van der Waals surface area contributed by atoms with E-state index >= 15 is 0 Å². The predicted octanol–water partition coefficient (Wildman–Crippen LogP) is 3.83. The molecule has 3 aliphatic rings. The highest BCUT2D eigenvalue weighted by atomic mass is 35.5. The predicted molar refractivity (Wildman–Crippen MR) is 189 cm³/mol. The van der Waals surface area contributed by atoms with Crippen LogP contribution in [-0.2, 0) is 39.8 Å². The first-order valence-electron chi connectivity index (χ1n) is 16.4. The number of ether oxygens (including phenoxy) is 5. The molecule has 4 bridgehead atoms. The van der Waals surface area contributed by atoms with Crippen LogP contribution in [0.1, 0.15) is 52.5 Å². The van der Waals surface area contributed by atoms with Crippen molar-refractivity contribution in [3.05, 3.63) is 46.5 Å². The lowest BCUT2D eigenvalue weighted by molar-refractivity contribution is -0.161. The molecule has 15 heteroatoms. The van der Waals surface area contributed by atoms with Crippen molar-refractivity contribution in [1.29, 1.82) is 0 Å². The Morgan fingerprint density at radius 2 is 1.98 bits per heavy atom. The summed E-state index contributed by atoms with van der Waals surface area (Å²) in [5.74, 6) is -1.30. The number of aliphatic hydroxyl groups is 1. The van der Waals surface area contributed by atoms with Crippen LogP contribution >= 0.6 is 24.2 Å². The number of benzene rings is 1. The van der Waals surface area contributed by atoms with E-state index in [9.17, 15) is 24.3 Å². The molecule has 3 heterocycles. The Morgan fingerprint density at radius 1 is 1.28 bits per heavy atom. The molecule has 0 spiro atoms. The maximum atomic E-state index is 14.0. The Kier molecular flexibility index (Phi) is 12.6. The minimum Gasteiger partial charge on any atom is -0.495 e. The van der Waals surface area contributed by atoms with Gasteiger partial charge in [-0.3, -0.25) is 14.9 Å². The van der Waals surface area contributed by atoms with Crippen LogP contribution in [0.15, 0.2) is 35.9 Å². The molecule has 1 aromatic rings. The second-order valence-corrected chi connectivity index (χ2v) is 14.2. The largest absolute Gasteiger partial charge is 0.495 e. The molecule has 50 heavy (non-hydrogen) atoms. The first-order valence-corrected chi connectivity index (χ1v) is 17.5. The summed E-state index contributed by atoms with van der Waals surface area (Å²) in [6.45, 7) is 6.96. The number of esters is 1. The van der Waals surface area contributed by atoms with Crippen molar-refractivity contribution in [1.82, 2.24) is 10.2 Å². The number of fused-ring (bicyclic) bond motifs is 5. The van der Waals surface area contributed by atoms with Gasteiger partial charge >= 0.3 is 12.1 Å². The minimum absolute atomic E-state index is 0.0489. The summed E-state index contributed by atoms with van der Waals surface area (Å²) in [6, 6.07) is 2.60. The van der Waals surface area contributed by atoms with Gasteiger partial charge in [0.1, 0.15) is 40.7 Å². The third-order valence-corrected chi connectivity index (χ3v) is 10.5. The van der Waals surface area contributed by atoms with Gasteiger partial charge in [0.2, 0.25) is 11.8 Å². The van der Waals surface area contributed by atoms with Crippen LogP contribution in [0.4, 0.5) is 10.5 Å². The molecule has 2 N–H and O–H groups in total. The lowest BCUT2D eigenvalue weighted by atomic mass is 9.83. The Bertz CT molecular complexity index is 1540. The third kappa shape index (κ3) is 8.42. The van der Waals surface area contributed by atoms with Crippen molar-refractivity contribution in [2.75, 3.05) is 39.0 Å². The number of amides is 3. The molecule has 8 unspecified atom stereocenters. The highest BCUT2D eigenvalue weighted by Crippen LogP contribution is 2.49. The number of carbonyl (C=O) groups is 4. The number of allylic oxidation sites excluding steroid dienone is 3. The summed E-state index contributed by atoms with van der Waals surface area (Å²) in [4.78, 5) is 55.6. The smallest absolute Gasteiger partial charge is 0.409 e. The molecule has 0 radical (unpaired) electrons. The Labute approximate surface area is 303 Å². The van der Waals surface area contributed by atoms with Gasteiger partial charge in [-0.1, -0.05) is 42.3 Å². The number of alkyl carbamates (subject to hydrolysis) is 1. The van der Waals surface area contributed by atoms with Crippen LogP contribution < -0.4 is 15.0 Å². The zero-order chi connectivity index (χ0) is 37.1. The van der Waals surface area contributed by atoms with E-state index in [4.69, 9.17) is 35.3 Å². The fourth-order valence-electron chi connectivity index (χ4n) is 6.49. The normalized spacial score (nSPS) is 31.3. The molecule has 3 aliphatic heterocycles. The summed E-state index contributed by atoms with van der Waals surface area (Å²) in [7, 11) is 5.98. The number of methoxy groups -OCH3 is 2. The number of nitrogens with zero attached hydrogens (tertiary/aromatic N) is 2. The molecule has 13 nitrogen and oxygen atoms in total. The number of hydrogen-bond acceptors (Lipinski definition) is 11. The average molecular weight is 738 g/mol. The number of carbonyl (C=O) groups excluding carboxylic acids is 4. The number of rotatable bonds is 7. The number of anilines is 1. The van der Waals surface area contributed by atoms with E-state index in [0.29, 0.717) is 23.6 Å². The molecule has 276 valence electrons. The fraction of sp³-hybridized carbons (Fsp3) is 0.600. The minimum atomic E-state index is -1.82. The molecule has 0 aliphatic carbocycles. The second-order valence-electron chi connectivity index (χ2n) is 13.4. The summed E-state index contributed by atoms with van der Waals surface area (Å²) in [6.07, 6.45) is 1.08. The Balaban J connectivity index is 1.78. The first kappa shape index (κ1) is 39.5. The van der Waals surface area contributed by atoms with E-state index in [1.807, 2.05) is 13.0 Å². The first-order chi connectivity index (χ1) is 23.5. The van der Waals surface area contributed by atoms with E-state index in [1.54, 1.807) is 45.2 Å². The van der Waals surface area contributed by atoms with Crippen molar-refractivity contribution >= 4 is 53.8 Å². The standard InChI is InChI=1S/C35H48ClN3O10S/c1-19-10-9-11-26(46-8)35(44)18-25(47-33(43)37-35)20(2)31-34(4,49-31)27(48-32(42)21(3)38(5)28(40)12-13-50)17-29(41)39(6)23-15-22(14-19)16-24(45-7)30(23)36/h9-11,15-16,20-21,25-27,31,44,50H,12-14,17-18H2,1-8H3,(H,37,43)/b11-9+,19-10?. The van der Waals surface area contributed by atoms with E-state index in [0.717, 1.165) is 11.1 Å². The fourth-order valence-corrected chi connectivity index (χ4v) is 6.99. The van der Waals surface area contributed by atoms with E-state index in [1.165, 1.54) is 38.0 Å². The van der Waals surface area contributed by atoms with Gasteiger partial charge in [0.25, 0.3) is 0 Å². The number of nitrogens with one attached hydrogen (secondary N) is 1. The number of halogens is 1. The monoisotopic (exact) mass is 737 g/mol. The van der Waals surface area contributed by atoms with Gasteiger partial charge in [-0.2, -0.15) is 12.6 Å². The summed E-state index contributed by atoms with van der Waals surface area (Å²) in [5, 5.41) is 14.4. The molecule has 0 saturated carbocycles. The third-order valence-electron chi connectivity index (χ3n) is 9.85. The van der Waals surface area contributed by atoms with Crippen molar-refractivity contribution in [2.45, 2.75) is 95.2 Å². The van der Waals surface area contributed by atoms with Crippen molar-refractivity contribution < 1.29 is 48.0 Å². The number of likely N-dealkylation sites (N-methyl/N-ethyl adjacent to an activating group) is 1. The second kappa shape index (κ2) is 15.9. The zero-order valence-corrected chi connectivity index (χ0v) is 31.4. The van der Waals surface area contributed by atoms with E-state index < -0.39 is 65.7 Å². The SMILES string of the molecule is COc1cc2cc(c1Cl)N(C)C(=O)CC(OC(=O)C(C)N(C)C(=O)CCS)C1(C)OC1C(C)C1CC(O)(NC(=O)O1)C(OC)/C=C/C=C(C)C2. The highest BCUT2D eigenvalue weighted by molar-refractivity contribution is 7.80. The van der Waals surface area contributed by atoms with Gasteiger partial charge in [-0.25, -0.2) is 9.59 Å². The molecule has 2 fully saturated rings. The molecule has 0 aromatic heterocycles. The number of thiol groups is 1. The quantitative estimate of drug-likeness (QED) is 0.214. The molecule has 4 rings (SSSR count). The van der Waals surface area contributed by atoms with Crippen molar-refractivity contribution in [2.24, 2.45) is 5.92 Å². The van der Waals surface area contributed by atoms with Crippen molar-refractivity contribution in [3.8, 4) is 5.75 Å². The van der Waals surface area contributed by atoms with Crippen LogP contribution in [0.3, 0.4) is 0 Å². The van der Waals surface area contributed by atoms with Crippen LogP contribution in [-0.4, -0.2) is 110 Å². The molecule has 3 amide bonds. The lowest BCUT2D eigenvalue weighted by Gasteiger charge is -2.42. The highest BCUT2D eigenvalue weighted by Gasteiger charge is 2.64. The average Bonchev–Trinajstić information content (AvgIpc) is 3.76. The van der Waals surface area contributed by atoms with E-state index in [2.05, 4.69) is 17.9 Å². The van der Waals surface area contributed by atoms with Crippen LogP contribution in [0, 0.1) is 5.92 Å². The lowest BCUT2D eigenvalue weighted by Crippen LogP contribution is -2.63. The van der Waals surface area contributed by atoms with Crippen molar-refractivity contribution in [3.63, 3.8) is 0 Å². The summed E-state index contributed by atoms with van der Waals surface area (Å²) >= 11 is 10.8. The molecular formula is C35H48ClN3O10S. The summed E-state index contributed by atoms with van der Waals surface area (Å²) in [5.41, 5.74) is -0.903. The van der Waals surface area contributed by atoms with Gasteiger partial charge in [0, 0.05) is 40.0 Å². The van der Waals surface area contributed by atoms with E-state index in [-0.39, 0.29) is 30.2 Å². The maximum Gasteiger partial charge on any atom is 0.409 e. The Morgan fingerprint density at radius 3 is 2.62 bits per heavy atom. The van der Waals surface area contributed by atoms with Gasteiger partial charge in [0.15, 0.2) is 5.72 Å².